The highest BCUT2D eigenvalue weighted by Crippen LogP contribution is 2.23. The fourth-order valence-corrected chi connectivity index (χ4v) is 1.18. The Morgan fingerprint density at radius 3 is 2.75 bits per heavy atom. The lowest BCUT2D eigenvalue weighted by molar-refractivity contribution is 0.0522. The van der Waals surface area contributed by atoms with E-state index in [2.05, 4.69) is 0 Å². The Hall–Kier alpha value is -2.09. The van der Waals surface area contributed by atoms with Gasteiger partial charge in [-0.3, -0.25) is 0 Å². The summed E-state index contributed by atoms with van der Waals surface area (Å²) in [4.78, 5) is 11.4. The van der Waals surface area contributed by atoms with Crippen LogP contribution < -0.4 is 4.74 Å². The van der Waals surface area contributed by atoms with Crippen LogP contribution in [0.1, 0.15) is 22.8 Å². The highest BCUT2D eigenvalue weighted by molar-refractivity contribution is 5.92. The standard InChI is InChI=1S/C11H10FNO3/c1-3-16-11(14)8-5-9(12)7(6-13)4-10(8)15-2/h4-5H,3H2,1-2H3. The first kappa shape index (κ1) is 12.0. The molecule has 4 nitrogen and oxygen atoms in total. The molecule has 1 aromatic carbocycles. The number of nitriles is 1. The molecule has 0 aromatic heterocycles. The van der Waals surface area contributed by atoms with Crippen LogP contribution in [0.25, 0.3) is 0 Å². The van der Waals surface area contributed by atoms with E-state index >= 15 is 0 Å². The second kappa shape index (κ2) is 5.12. The lowest BCUT2D eigenvalue weighted by atomic mass is 10.1. The van der Waals surface area contributed by atoms with E-state index in [1.54, 1.807) is 13.0 Å². The van der Waals surface area contributed by atoms with Gasteiger partial charge in [-0.05, 0) is 13.0 Å². The van der Waals surface area contributed by atoms with Gasteiger partial charge < -0.3 is 9.47 Å². The Morgan fingerprint density at radius 1 is 1.56 bits per heavy atom. The van der Waals surface area contributed by atoms with Crippen molar-refractivity contribution in [2.75, 3.05) is 13.7 Å². The van der Waals surface area contributed by atoms with E-state index in [9.17, 15) is 9.18 Å². The Morgan fingerprint density at radius 2 is 2.25 bits per heavy atom. The predicted octanol–water partition coefficient (Wildman–Crippen LogP) is 1.88. The first-order valence-corrected chi connectivity index (χ1v) is 4.58. The lowest BCUT2D eigenvalue weighted by Crippen LogP contribution is -2.08. The van der Waals surface area contributed by atoms with Gasteiger partial charge in [-0.2, -0.15) is 5.26 Å². The van der Waals surface area contributed by atoms with Gasteiger partial charge >= 0.3 is 5.97 Å². The van der Waals surface area contributed by atoms with Gasteiger partial charge in [0.25, 0.3) is 0 Å². The largest absolute Gasteiger partial charge is 0.496 e. The number of esters is 1. The van der Waals surface area contributed by atoms with E-state index in [1.165, 1.54) is 13.2 Å². The van der Waals surface area contributed by atoms with Gasteiger partial charge in [-0.15, -0.1) is 0 Å². The topological polar surface area (TPSA) is 59.3 Å². The summed E-state index contributed by atoms with van der Waals surface area (Å²) in [5.41, 5.74) is -0.203. The number of hydrogen-bond acceptors (Lipinski definition) is 4. The maximum Gasteiger partial charge on any atom is 0.342 e. The average molecular weight is 223 g/mol. The fraction of sp³-hybridized carbons (Fsp3) is 0.273. The number of carbonyl (C=O) groups excluding carboxylic acids is 1. The molecule has 16 heavy (non-hydrogen) atoms. The number of benzene rings is 1. The van der Waals surface area contributed by atoms with Crippen molar-refractivity contribution in [3.05, 3.63) is 29.1 Å². The molecule has 0 atom stereocenters. The van der Waals surface area contributed by atoms with Crippen molar-refractivity contribution in [1.29, 1.82) is 5.26 Å². The molecule has 0 spiro atoms. The minimum absolute atomic E-state index is 0.0270. The maximum absolute atomic E-state index is 13.3. The molecule has 0 amide bonds. The van der Waals surface area contributed by atoms with E-state index in [-0.39, 0.29) is 23.5 Å². The quantitative estimate of drug-likeness (QED) is 0.734. The zero-order valence-corrected chi connectivity index (χ0v) is 8.91. The molecular formula is C11H10FNO3. The molecule has 1 rings (SSSR count). The van der Waals surface area contributed by atoms with Crippen LogP contribution in [-0.2, 0) is 4.74 Å². The number of rotatable bonds is 3. The van der Waals surface area contributed by atoms with Crippen molar-refractivity contribution in [1.82, 2.24) is 0 Å². The van der Waals surface area contributed by atoms with Crippen molar-refractivity contribution in [3.63, 3.8) is 0 Å². The lowest BCUT2D eigenvalue weighted by Gasteiger charge is -2.08. The van der Waals surface area contributed by atoms with Gasteiger partial charge in [-0.1, -0.05) is 0 Å². The van der Waals surface area contributed by atoms with E-state index < -0.39 is 11.8 Å². The first-order valence-electron chi connectivity index (χ1n) is 4.58. The third-order valence-electron chi connectivity index (χ3n) is 1.90. The fourth-order valence-electron chi connectivity index (χ4n) is 1.18. The van der Waals surface area contributed by atoms with Crippen molar-refractivity contribution < 1.29 is 18.7 Å². The molecule has 0 bridgehead atoms. The highest BCUT2D eigenvalue weighted by Gasteiger charge is 2.17. The summed E-state index contributed by atoms with van der Waals surface area (Å²) < 4.78 is 22.9. The van der Waals surface area contributed by atoms with E-state index in [0.717, 1.165) is 6.07 Å². The Kier molecular flexibility index (Phi) is 3.84. The Bertz CT molecular complexity index is 451. The molecular weight excluding hydrogens is 213 g/mol. The molecule has 0 unspecified atom stereocenters. The van der Waals surface area contributed by atoms with Crippen molar-refractivity contribution >= 4 is 5.97 Å². The SMILES string of the molecule is CCOC(=O)c1cc(F)c(C#N)cc1OC. The molecule has 0 aliphatic rings. The molecule has 84 valence electrons. The predicted molar refractivity (Wildman–Crippen MR) is 53.6 cm³/mol. The Balaban J connectivity index is 3.24. The van der Waals surface area contributed by atoms with Gasteiger partial charge in [0, 0.05) is 6.07 Å². The molecule has 0 N–H and O–H groups in total. The minimum atomic E-state index is -0.772. The zero-order valence-electron chi connectivity index (χ0n) is 8.91. The molecule has 0 heterocycles. The van der Waals surface area contributed by atoms with Crippen LogP contribution in [0.3, 0.4) is 0 Å². The molecule has 0 radical (unpaired) electrons. The Labute approximate surface area is 92.2 Å². The summed E-state index contributed by atoms with van der Waals surface area (Å²) in [5, 5.41) is 8.61. The van der Waals surface area contributed by atoms with Gasteiger partial charge in [0.2, 0.25) is 0 Å². The smallest absolute Gasteiger partial charge is 0.342 e. The number of ether oxygens (including phenoxy) is 2. The number of nitrogens with zero attached hydrogens (tertiary/aromatic N) is 1. The average Bonchev–Trinajstić information content (AvgIpc) is 2.29. The second-order valence-electron chi connectivity index (χ2n) is 2.86. The molecule has 1 aromatic rings. The monoisotopic (exact) mass is 223 g/mol. The summed E-state index contributed by atoms with van der Waals surface area (Å²) in [6, 6.07) is 3.77. The van der Waals surface area contributed by atoms with E-state index in [1.807, 2.05) is 0 Å². The summed E-state index contributed by atoms with van der Waals surface area (Å²) in [7, 11) is 1.33. The highest BCUT2D eigenvalue weighted by atomic mass is 19.1. The second-order valence-corrected chi connectivity index (χ2v) is 2.86. The number of carbonyl (C=O) groups is 1. The van der Waals surface area contributed by atoms with Crippen LogP contribution in [-0.4, -0.2) is 19.7 Å². The van der Waals surface area contributed by atoms with Crippen LogP contribution >= 0.6 is 0 Å². The molecule has 0 saturated carbocycles. The van der Waals surface area contributed by atoms with Crippen LogP contribution in [0.15, 0.2) is 12.1 Å². The summed E-state index contributed by atoms with van der Waals surface area (Å²) in [6.07, 6.45) is 0. The number of methoxy groups -OCH3 is 1. The maximum atomic E-state index is 13.3. The third-order valence-corrected chi connectivity index (χ3v) is 1.90. The normalized spacial score (nSPS) is 9.38. The summed E-state index contributed by atoms with van der Waals surface area (Å²) in [6.45, 7) is 1.83. The molecule has 0 saturated heterocycles. The molecule has 0 aliphatic carbocycles. The van der Waals surface area contributed by atoms with Crippen LogP contribution in [0, 0.1) is 17.1 Å². The van der Waals surface area contributed by atoms with Crippen LogP contribution in [0.5, 0.6) is 5.75 Å². The van der Waals surface area contributed by atoms with Crippen LogP contribution in [0.4, 0.5) is 4.39 Å². The molecule has 0 aliphatic heterocycles. The number of hydrogen-bond donors (Lipinski definition) is 0. The van der Waals surface area contributed by atoms with Crippen molar-refractivity contribution in [2.24, 2.45) is 0 Å². The van der Waals surface area contributed by atoms with Gasteiger partial charge in [0.05, 0.1) is 19.3 Å². The minimum Gasteiger partial charge on any atom is -0.496 e. The molecule has 0 fully saturated rings. The molecule has 5 heteroatoms. The third kappa shape index (κ3) is 2.28. The summed E-state index contributed by atoms with van der Waals surface area (Å²) in [5.74, 6) is -1.33. The van der Waals surface area contributed by atoms with Gasteiger partial charge in [0.15, 0.2) is 0 Å². The van der Waals surface area contributed by atoms with Crippen LogP contribution in [0.2, 0.25) is 0 Å². The van der Waals surface area contributed by atoms with Gasteiger partial charge in [-0.25, -0.2) is 9.18 Å². The van der Waals surface area contributed by atoms with Crippen molar-refractivity contribution in [2.45, 2.75) is 6.92 Å². The van der Waals surface area contributed by atoms with E-state index in [4.69, 9.17) is 14.7 Å². The van der Waals surface area contributed by atoms with E-state index in [0.29, 0.717) is 0 Å². The van der Waals surface area contributed by atoms with Gasteiger partial charge in [0.1, 0.15) is 23.2 Å². The first-order chi connectivity index (χ1) is 7.63. The number of halogens is 1. The van der Waals surface area contributed by atoms with Crippen molar-refractivity contribution in [3.8, 4) is 11.8 Å². The summed E-state index contributed by atoms with van der Waals surface area (Å²) >= 11 is 0. The zero-order chi connectivity index (χ0) is 12.1.